The van der Waals surface area contributed by atoms with Gasteiger partial charge in [-0.15, -0.1) is 4.52 Å². The molecule has 0 spiro atoms. The number of hydrogen-bond acceptors (Lipinski definition) is 3. The van der Waals surface area contributed by atoms with Gasteiger partial charge in [0.05, 0.1) is 0 Å². The molecule has 0 saturated heterocycles. The van der Waals surface area contributed by atoms with E-state index in [2.05, 4.69) is 0 Å². The van der Waals surface area contributed by atoms with Crippen LogP contribution >= 0.6 is 8.03 Å². The van der Waals surface area contributed by atoms with Crippen molar-refractivity contribution in [1.82, 2.24) is 0 Å². The summed E-state index contributed by atoms with van der Waals surface area (Å²) in [6.07, 6.45) is 1.31. The lowest BCUT2D eigenvalue weighted by atomic mass is 10.2. The predicted molar refractivity (Wildman–Crippen MR) is 57.4 cm³/mol. The van der Waals surface area contributed by atoms with Crippen LogP contribution < -0.4 is 5.73 Å². The molecule has 3 nitrogen and oxygen atoms in total. The highest BCUT2D eigenvalue weighted by Gasteiger charge is 2.15. The lowest BCUT2D eigenvalue weighted by Crippen LogP contribution is -1.99. The Bertz CT molecular complexity index is 277. The van der Waals surface area contributed by atoms with Crippen LogP contribution in [0.15, 0.2) is 30.3 Å². The van der Waals surface area contributed by atoms with Gasteiger partial charge >= 0.3 is 8.03 Å². The summed E-state index contributed by atoms with van der Waals surface area (Å²) in [7, 11) is -1.54. The van der Waals surface area contributed by atoms with Crippen LogP contribution in [0.1, 0.15) is 12.0 Å². The van der Waals surface area contributed by atoms with E-state index in [1.165, 1.54) is 0 Å². The third-order valence-corrected chi connectivity index (χ3v) is 2.86. The molecule has 4 heteroatoms. The molecule has 0 amide bonds. The summed E-state index contributed by atoms with van der Waals surface area (Å²) in [6, 6.07) is 9.72. The summed E-state index contributed by atoms with van der Waals surface area (Å²) in [5.41, 5.74) is 6.35. The summed E-state index contributed by atoms with van der Waals surface area (Å²) in [4.78, 5) is 0. The molecule has 1 atom stereocenters. The Labute approximate surface area is 85.1 Å². The second-order valence-electron chi connectivity index (χ2n) is 2.96. The molecular weight excluding hydrogens is 197 g/mol. The van der Waals surface area contributed by atoms with Gasteiger partial charge in [0, 0.05) is 6.42 Å². The van der Waals surface area contributed by atoms with Crippen molar-refractivity contribution in [2.24, 2.45) is 5.73 Å². The van der Waals surface area contributed by atoms with E-state index in [9.17, 15) is 4.57 Å². The first-order valence-corrected chi connectivity index (χ1v) is 6.01. The summed E-state index contributed by atoms with van der Waals surface area (Å²) in [5, 5.41) is 0. The molecule has 0 heterocycles. The quantitative estimate of drug-likeness (QED) is 0.736. The molecular formula is C10H15NO2P+. The van der Waals surface area contributed by atoms with E-state index in [4.69, 9.17) is 10.3 Å². The van der Waals surface area contributed by atoms with Crippen LogP contribution in [0.25, 0.3) is 0 Å². The zero-order chi connectivity index (χ0) is 10.2. The van der Waals surface area contributed by atoms with Crippen molar-refractivity contribution in [3.8, 4) is 0 Å². The van der Waals surface area contributed by atoms with E-state index >= 15 is 0 Å². The number of hydrogen-bond donors (Lipinski definition) is 1. The number of rotatable bonds is 6. The minimum atomic E-state index is -1.54. The van der Waals surface area contributed by atoms with E-state index in [-0.39, 0.29) is 0 Å². The van der Waals surface area contributed by atoms with Crippen molar-refractivity contribution in [2.45, 2.75) is 13.0 Å². The minimum Gasteiger partial charge on any atom is -0.330 e. The Hall–Kier alpha value is -0.760. The molecule has 0 aromatic heterocycles. The van der Waals surface area contributed by atoms with Gasteiger partial charge in [-0.05, 0) is 16.7 Å². The Balaban J connectivity index is 2.24. The normalized spacial score (nSPS) is 11.4. The van der Waals surface area contributed by atoms with Gasteiger partial charge in [0.2, 0.25) is 0 Å². The van der Waals surface area contributed by atoms with Crippen molar-refractivity contribution in [3.05, 3.63) is 35.9 Å². The molecule has 0 fully saturated rings. The van der Waals surface area contributed by atoms with Crippen LogP contribution in [-0.4, -0.2) is 12.7 Å². The summed E-state index contributed by atoms with van der Waals surface area (Å²) >= 11 is 0. The molecule has 76 valence electrons. The predicted octanol–water partition coefficient (Wildman–Crippen LogP) is 2.29. The van der Waals surface area contributed by atoms with Gasteiger partial charge in [-0.25, -0.2) is 0 Å². The maximum atomic E-state index is 11.2. The average Bonchev–Trinajstić information content (AvgIpc) is 2.25. The van der Waals surface area contributed by atoms with Crippen LogP contribution in [-0.2, 0) is 15.7 Å². The summed E-state index contributed by atoms with van der Waals surface area (Å²) in [5.74, 6) is 0. The fraction of sp³-hybridized carbons (Fsp3) is 0.400. The lowest BCUT2D eigenvalue weighted by molar-refractivity contribution is 0.318. The van der Waals surface area contributed by atoms with Gasteiger partial charge in [0.15, 0.2) is 6.16 Å². The molecule has 1 aromatic carbocycles. The molecule has 0 aliphatic carbocycles. The highest BCUT2D eigenvalue weighted by molar-refractivity contribution is 7.39. The molecule has 14 heavy (non-hydrogen) atoms. The fourth-order valence-electron chi connectivity index (χ4n) is 1.01. The zero-order valence-electron chi connectivity index (χ0n) is 8.06. The van der Waals surface area contributed by atoms with Crippen LogP contribution in [0.2, 0.25) is 0 Å². The van der Waals surface area contributed by atoms with Crippen molar-refractivity contribution >= 4 is 8.03 Å². The smallest absolute Gasteiger partial charge is 0.330 e. The Morgan fingerprint density at radius 2 is 2.00 bits per heavy atom. The molecule has 1 unspecified atom stereocenters. The molecule has 0 aliphatic rings. The van der Waals surface area contributed by atoms with Crippen LogP contribution in [0.5, 0.6) is 0 Å². The maximum absolute atomic E-state index is 11.2. The number of nitrogens with two attached hydrogens (primary N) is 1. The second kappa shape index (κ2) is 6.66. The molecule has 0 radical (unpaired) electrons. The Morgan fingerprint density at radius 3 is 2.64 bits per heavy atom. The molecule has 0 saturated carbocycles. The highest BCUT2D eigenvalue weighted by Crippen LogP contribution is 2.24. The SMILES string of the molecule is NCCC[P+](=O)OCc1ccccc1. The maximum Gasteiger partial charge on any atom is 0.508 e. The van der Waals surface area contributed by atoms with Crippen molar-refractivity contribution in [3.63, 3.8) is 0 Å². The van der Waals surface area contributed by atoms with E-state index < -0.39 is 8.03 Å². The van der Waals surface area contributed by atoms with Gasteiger partial charge in [0.1, 0.15) is 6.61 Å². The van der Waals surface area contributed by atoms with Gasteiger partial charge in [-0.3, -0.25) is 0 Å². The third-order valence-electron chi connectivity index (χ3n) is 1.76. The van der Waals surface area contributed by atoms with Gasteiger partial charge in [-0.1, -0.05) is 30.3 Å². The number of benzene rings is 1. The summed E-state index contributed by atoms with van der Waals surface area (Å²) < 4.78 is 16.4. The second-order valence-corrected chi connectivity index (χ2v) is 4.33. The van der Waals surface area contributed by atoms with Crippen LogP contribution in [0.3, 0.4) is 0 Å². The van der Waals surface area contributed by atoms with Gasteiger partial charge in [0.25, 0.3) is 0 Å². The summed E-state index contributed by atoms with van der Waals surface area (Å²) in [6.45, 7) is 0.983. The highest BCUT2D eigenvalue weighted by atomic mass is 31.1. The monoisotopic (exact) mass is 212 g/mol. The van der Waals surface area contributed by atoms with Crippen molar-refractivity contribution in [1.29, 1.82) is 0 Å². The first kappa shape index (κ1) is 11.3. The van der Waals surface area contributed by atoms with E-state index in [1.807, 2.05) is 30.3 Å². The molecule has 2 N–H and O–H groups in total. The average molecular weight is 212 g/mol. The molecule has 1 aromatic rings. The first-order chi connectivity index (χ1) is 6.83. The third kappa shape index (κ3) is 4.47. The molecule has 0 bridgehead atoms. The van der Waals surface area contributed by atoms with E-state index in [1.54, 1.807) is 0 Å². The van der Waals surface area contributed by atoms with Gasteiger partial charge < -0.3 is 5.73 Å². The zero-order valence-corrected chi connectivity index (χ0v) is 8.95. The fourth-order valence-corrected chi connectivity index (χ4v) is 1.87. The topological polar surface area (TPSA) is 52.3 Å². The largest absolute Gasteiger partial charge is 0.508 e. The Morgan fingerprint density at radius 1 is 1.29 bits per heavy atom. The van der Waals surface area contributed by atoms with Gasteiger partial charge in [-0.2, -0.15) is 0 Å². The Kier molecular flexibility index (Phi) is 5.38. The van der Waals surface area contributed by atoms with Crippen LogP contribution in [0, 0.1) is 0 Å². The molecule has 0 aliphatic heterocycles. The van der Waals surface area contributed by atoms with Crippen LogP contribution in [0.4, 0.5) is 0 Å². The minimum absolute atomic E-state index is 0.417. The molecule has 1 rings (SSSR count). The van der Waals surface area contributed by atoms with E-state index in [0.717, 1.165) is 12.0 Å². The first-order valence-electron chi connectivity index (χ1n) is 4.64. The van der Waals surface area contributed by atoms with Crippen molar-refractivity contribution < 1.29 is 9.09 Å². The van der Waals surface area contributed by atoms with E-state index in [0.29, 0.717) is 19.3 Å². The standard InChI is InChI=1S/C10H15NO2P/c11-7-4-8-14(12)13-9-10-5-2-1-3-6-10/h1-3,5-6H,4,7-9,11H2/q+1. The van der Waals surface area contributed by atoms with Crippen molar-refractivity contribution in [2.75, 3.05) is 12.7 Å². The lowest BCUT2D eigenvalue weighted by Gasteiger charge is -1.93.